The molecule has 2 rings (SSSR count). The molecular weight excluding hydrogens is 275 g/mol. The summed E-state index contributed by atoms with van der Waals surface area (Å²) in [5.74, 6) is -0.662. The van der Waals surface area contributed by atoms with Gasteiger partial charge in [0, 0.05) is 13.0 Å². The Labute approximate surface area is 111 Å². The van der Waals surface area contributed by atoms with Crippen molar-refractivity contribution < 1.29 is 18.0 Å². The standard InChI is InChI=1S/C12H12F3N3O2/c13-12(14,15)4-3-10(19)16-6-7-1-2-8-9(5-7)18-11(20)17-8/h1-2,5H,3-4,6H2,(H,16,19)(H2,17,18,20). The molecule has 1 amide bonds. The Balaban J connectivity index is 1.92. The Morgan fingerprint density at radius 1 is 1.20 bits per heavy atom. The van der Waals surface area contributed by atoms with Crippen LogP contribution in [-0.2, 0) is 11.3 Å². The average molecular weight is 287 g/mol. The molecule has 0 aliphatic heterocycles. The lowest BCUT2D eigenvalue weighted by molar-refractivity contribution is -0.144. The lowest BCUT2D eigenvalue weighted by Crippen LogP contribution is -2.24. The van der Waals surface area contributed by atoms with E-state index in [2.05, 4.69) is 15.3 Å². The molecule has 1 aromatic heterocycles. The number of carbonyl (C=O) groups is 1. The van der Waals surface area contributed by atoms with Gasteiger partial charge in [0.2, 0.25) is 5.91 Å². The van der Waals surface area contributed by atoms with E-state index in [1.807, 2.05) is 0 Å². The second kappa shape index (κ2) is 5.40. The van der Waals surface area contributed by atoms with Crippen molar-refractivity contribution in [2.24, 2.45) is 0 Å². The maximum absolute atomic E-state index is 11.9. The van der Waals surface area contributed by atoms with Gasteiger partial charge in [-0.25, -0.2) is 4.79 Å². The number of hydrogen-bond donors (Lipinski definition) is 3. The zero-order chi connectivity index (χ0) is 14.8. The smallest absolute Gasteiger partial charge is 0.352 e. The van der Waals surface area contributed by atoms with E-state index >= 15 is 0 Å². The third-order valence-electron chi connectivity index (χ3n) is 2.71. The topological polar surface area (TPSA) is 77.8 Å². The fourth-order valence-corrected chi connectivity index (χ4v) is 1.73. The number of carbonyl (C=O) groups excluding carboxylic acids is 1. The van der Waals surface area contributed by atoms with Crippen molar-refractivity contribution >= 4 is 16.9 Å². The van der Waals surface area contributed by atoms with E-state index in [0.717, 1.165) is 0 Å². The molecule has 0 fully saturated rings. The van der Waals surface area contributed by atoms with Crippen molar-refractivity contribution in [2.75, 3.05) is 0 Å². The quantitative estimate of drug-likeness (QED) is 0.802. The van der Waals surface area contributed by atoms with Crippen LogP contribution in [-0.4, -0.2) is 22.1 Å². The minimum atomic E-state index is -4.33. The van der Waals surface area contributed by atoms with E-state index in [-0.39, 0.29) is 12.2 Å². The number of nitrogens with one attached hydrogen (secondary N) is 3. The van der Waals surface area contributed by atoms with E-state index in [4.69, 9.17) is 0 Å². The molecule has 0 saturated heterocycles. The molecule has 1 heterocycles. The number of amides is 1. The first-order chi connectivity index (χ1) is 9.33. The predicted molar refractivity (Wildman–Crippen MR) is 66.1 cm³/mol. The third kappa shape index (κ3) is 3.87. The fraction of sp³-hybridized carbons (Fsp3) is 0.333. The second-order valence-corrected chi connectivity index (χ2v) is 4.35. The molecule has 8 heteroatoms. The lowest BCUT2D eigenvalue weighted by Gasteiger charge is -2.07. The normalized spacial score (nSPS) is 11.8. The summed E-state index contributed by atoms with van der Waals surface area (Å²) in [6.07, 6.45) is -6.06. The maximum atomic E-state index is 11.9. The minimum Gasteiger partial charge on any atom is -0.352 e. The summed E-state index contributed by atoms with van der Waals surface area (Å²) >= 11 is 0. The molecule has 3 N–H and O–H groups in total. The highest BCUT2D eigenvalue weighted by atomic mass is 19.4. The van der Waals surface area contributed by atoms with E-state index in [1.54, 1.807) is 18.2 Å². The van der Waals surface area contributed by atoms with Gasteiger partial charge in [0.1, 0.15) is 0 Å². The Morgan fingerprint density at radius 2 is 1.90 bits per heavy atom. The molecule has 0 bridgehead atoms. The fourth-order valence-electron chi connectivity index (χ4n) is 1.73. The van der Waals surface area contributed by atoms with Crippen LogP contribution in [0.15, 0.2) is 23.0 Å². The molecular formula is C12H12F3N3O2. The number of halogens is 3. The monoisotopic (exact) mass is 287 g/mol. The SMILES string of the molecule is O=C(CCC(F)(F)F)NCc1ccc2[nH]c(=O)[nH]c2c1. The maximum Gasteiger partial charge on any atom is 0.389 e. The van der Waals surface area contributed by atoms with Crippen LogP contribution in [0.4, 0.5) is 13.2 Å². The molecule has 0 radical (unpaired) electrons. The van der Waals surface area contributed by atoms with Crippen LogP contribution in [0.1, 0.15) is 18.4 Å². The van der Waals surface area contributed by atoms with Crippen LogP contribution in [0, 0.1) is 0 Å². The van der Waals surface area contributed by atoms with Crippen LogP contribution < -0.4 is 11.0 Å². The minimum absolute atomic E-state index is 0.111. The summed E-state index contributed by atoms with van der Waals surface area (Å²) in [6.45, 7) is 0.111. The van der Waals surface area contributed by atoms with Crippen molar-refractivity contribution in [2.45, 2.75) is 25.6 Å². The summed E-state index contributed by atoms with van der Waals surface area (Å²) in [5.41, 5.74) is 1.55. The Bertz CT molecular complexity index is 672. The predicted octanol–water partition coefficient (Wildman–Crippen LogP) is 1.81. The molecule has 2 aromatic rings. The van der Waals surface area contributed by atoms with E-state index in [0.29, 0.717) is 16.6 Å². The van der Waals surface area contributed by atoms with Gasteiger partial charge in [-0.1, -0.05) is 6.07 Å². The number of aromatic amines is 2. The number of aromatic nitrogens is 2. The largest absolute Gasteiger partial charge is 0.389 e. The third-order valence-corrected chi connectivity index (χ3v) is 2.71. The van der Waals surface area contributed by atoms with Gasteiger partial charge in [-0.3, -0.25) is 4.79 Å². The lowest BCUT2D eigenvalue weighted by atomic mass is 10.2. The molecule has 0 unspecified atom stereocenters. The van der Waals surface area contributed by atoms with Gasteiger partial charge in [-0.15, -0.1) is 0 Å². The highest BCUT2D eigenvalue weighted by molar-refractivity contribution is 5.77. The zero-order valence-corrected chi connectivity index (χ0v) is 10.3. The highest BCUT2D eigenvalue weighted by Gasteiger charge is 2.27. The van der Waals surface area contributed by atoms with Crippen LogP contribution >= 0.6 is 0 Å². The van der Waals surface area contributed by atoms with Gasteiger partial charge in [-0.05, 0) is 17.7 Å². The molecule has 0 spiro atoms. The zero-order valence-electron chi connectivity index (χ0n) is 10.3. The van der Waals surface area contributed by atoms with E-state index in [9.17, 15) is 22.8 Å². The second-order valence-electron chi connectivity index (χ2n) is 4.35. The molecule has 0 saturated carbocycles. The van der Waals surface area contributed by atoms with Gasteiger partial charge in [0.05, 0.1) is 17.5 Å². The Morgan fingerprint density at radius 3 is 2.60 bits per heavy atom. The number of imidazole rings is 1. The summed E-state index contributed by atoms with van der Waals surface area (Å²) in [4.78, 5) is 27.4. The van der Waals surface area contributed by atoms with E-state index < -0.39 is 24.9 Å². The van der Waals surface area contributed by atoms with Crippen LogP contribution in [0.3, 0.4) is 0 Å². The first-order valence-electron chi connectivity index (χ1n) is 5.88. The number of fused-ring (bicyclic) bond motifs is 1. The molecule has 0 aliphatic carbocycles. The number of rotatable bonds is 4. The Hall–Kier alpha value is -2.25. The van der Waals surface area contributed by atoms with Gasteiger partial charge in [0.25, 0.3) is 0 Å². The highest BCUT2D eigenvalue weighted by Crippen LogP contribution is 2.21. The number of benzene rings is 1. The average Bonchev–Trinajstić information content (AvgIpc) is 2.72. The van der Waals surface area contributed by atoms with E-state index in [1.165, 1.54) is 0 Å². The van der Waals surface area contributed by atoms with Crippen molar-refractivity contribution in [3.8, 4) is 0 Å². The van der Waals surface area contributed by atoms with Crippen molar-refractivity contribution in [1.82, 2.24) is 15.3 Å². The van der Waals surface area contributed by atoms with Gasteiger partial charge in [0.15, 0.2) is 0 Å². The van der Waals surface area contributed by atoms with Crippen molar-refractivity contribution in [1.29, 1.82) is 0 Å². The van der Waals surface area contributed by atoms with Gasteiger partial charge >= 0.3 is 11.9 Å². The van der Waals surface area contributed by atoms with Crippen LogP contribution in [0.5, 0.6) is 0 Å². The van der Waals surface area contributed by atoms with Crippen molar-refractivity contribution in [3.05, 3.63) is 34.2 Å². The van der Waals surface area contributed by atoms with Crippen LogP contribution in [0.2, 0.25) is 0 Å². The summed E-state index contributed by atoms with van der Waals surface area (Å²) < 4.78 is 35.8. The molecule has 0 aliphatic rings. The Kier molecular flexibility index (Phi) is 3.82. The molecule has 0 atom stereocenters. The molecule has 5 nitrogen and oxygen atoms in total. The van der Waals surface area contributed by atoms with Gasteiger partial charge < -0.3 is 15.3 Å². The molecule has 1 aromatic carbocycles. The van der Waals surface area contributed by atoms with Crippen LogP contribution in [0.25, 0.3) is 11.0 Å². The number of H-pyrrole nitrogens is 2. The van der Waals surface area contributed by atoms with Gasteiger partial charge in [-0.2, -0.15) is 13.2 Å². The first-order valence-corrected chi connectivity index (χ1v) is 5.88. The molecule has 20 heavy (non-hydrogen) atoms. The first kappa shape index (κ1) is 14.2. The summed E-state index contributed by atoms with van der Waals surface area (Å²) in [7, 11) is 0. The number of alkyl halides is 3. The van der Waals surface area contributed by atoms with Crippen molar-refractivity contribution in [3.63, 3.8) is 0 Å². The summed E-state index contributed by atoms with van der Waals surface area (Å²) in [6, 6.07) is 4.98. The number of hydrogen-bond acceptors (Lipinski definition) is 2. The molecule has 108 valence electrons. The summed E-state index contributed by atoms with van der Waals surface area (Å²) in [5, 5.41) is 2.40.